The Hall–Kier alpha value is -1.27. The second-order valence-corrected chi connectivity index (χ2v) is 5.33. The number of anilines is 1. The van der Waals surface area contributed by atoms with Crippen LogP contribution in [-0.4, -0.2) is 5.91 Å². The summed E-state index contributed by atoms with van der Waals surface area (Å²) in [6, 6.07) is 8.04. The molecule has 0 heterocycles. The quantitative estimate of drug-likeness (QED) is 0.788. The number of rotatable bonds is 2. The van der Waals surface area contributed by atoms with Gasteiger partial charge in [0.2, 0.25) is 0 Å². The van der Waals surface area contributed by atoms with E-state index in [1.54, 1.807) is 0 Å². The second kappa shape index (κ2) is 5.79. The van der Waals surface area contributed by atoms with E-state index in [2.05, 4.69) is 37.2 Å². The lowest BCUT2D eigenvalue weighted by Gasteiger charge is -2.09. The largest absolute Gasteiger partial charge is 0.321 e. The summed E-state index contributed by atoms with van der Waals surface area (Å²) in [5, 5.41) is 2.51. The maximum absolute atomic E-state index is 13.3. The van der Waals surface area contributed by atoms with E-state index in [0.29, 0.717) is 4.47 Å². The van der Waals surface area contributed by atoms with E-state index in [9.17, 15) is 13.6 Å². The number of benzene rings is 2. The van der Waals surface area contributed by atoms with Crippen molar-refractivity contribution in [2.24, 2.45) is 0 Å². The number of carbonyl (C=O) groups excluding carboxylic acids is 1. The first-order valence-electron chi connectivity index (χ1n) is 5.19. The lowest BCUT2D eigenvalue weighted by Crippen LogP contribution is -2.13. The molecule has 0 saturated carbocycles. The maximum Gasteiger partial charge on any atom is 0.256 e. The summed E-state index contributed by atoms with van der Waals surface area (Å²) >= 11 is 6.20. The van der Waals surface area contributed by atoms with E-state index < -0.39 is 17.5 Å². The van der Waals surface area contributed by atoms with Crippen LogP contribution in [0.15, 0.2) is 45.3 Å². The molecule has 2 nitrogen and oxygen atoms in total. The molecular weight excluding hydrogens is 384 g/mol. The van der Waals surface area contributed by atoms with Gasteiger partial charge in [-0.25, -0.2) is 8.78 Å². The Morgan fingerprint density at radius 3 is 2.58 bits per heavy atom. The molecule has 0 aliphatic heterocycles. The molecule has 0 aromatic heterocycles. The second-order valence-electron chi connectivity index (χ2n) is 3.68. The molecule has 0 atom stereocenters. The summed E-state index contributed by atoms with van der Waals surface area (Å²) in [5.41, 5.74) is 0.414. The third kappa shape index (κ3) is 3.19. The molecule has 0 fully saturated rings. The van der Waals surface area contributed by atoms with E-state index in [4.69, 9.17) is 0 Å². The van der Waals surface area contributed by atoms with Crippen LogP contribution >= 0.6 is 31.9 Å². The predicted octanol–water partition coefficient (Wildman–Crippen LogP) is 4.74. The summed E-state index contributed by atoms with van der Waals surface area (Å²) in [5.74, 6) is -1.54. The van der Waals surface area contributed by atoms with Gasteiger partial charge in [0.1, 0.15) is 11.6 Å². The zero-order valence-electron chi connectivity index (χ0n) is 9.38. The average molecular weight is 391 g/mol. The van der Waals surface area contributed by atoms with Gasteiger partial charge in [-0.2, -0.15) is 0 Å². The van der Waals surface area contributed by atoms with Crippen LogP contribution in [0.4, 0.5) is 14.5 Å². The minimum atomic E-state index is -0.536. The van der Waals surface area contributed by atoms with Gasteiger partial charge in [-0.05, 0) is 62.2 Å². The summed E-state index contributed by atoms with van der Waals surface area (Å²) in [4.78, 5) is 12.0. The Morgan fingerprint density at radius 2 is 1.84 bits per heavy atom. The molecule has 0 aliphatic rings. The smallest absolute Gasteiger partial charge is 0.256 e. The number of carbonyl (C=O) groups is 1. The fraction of sp³-hybridized carbons (Fsp3) is 0. The van der Waals surface area contributed by atoms with Crippen LogP contribution in [0.3, 0.4) is 0 Å². The summed E-state index contributed by atoms with van der Waals surface area (Å²) in [6.45, 7) is 0. The Balaban J connectivity index is 2.31. The summed E-state index contributed by atoms with van der Waals surface area (Å²) in [7, 11) is 0. The SMILES string of the molecule is O=C(Nc1cc(F)ccc1Br)c1cccc(F)c1Br. The van der Waals surface area contributed by atoms with Crippen LogP contribution < -0.4 is 5.32 Å². The highest BCUT2D eigenvalue weighted by atomic mass is 79.9. The van der Waals surface area contributed by atoms with Crippen LogP contribution in [0.5, 0.6) is 0 Å². The first-order valence-corrected chi connectivity index (χ1v) is 6.78. The molecule has 19 heavy (non-hydrogen) atoms. The lowest BCUT2D eigenvalue weighted by atomic mass is 10.2. The molecule has 0 spiro atoms. The highest BCUT2D eigenvalue weighted by molar-refractivity contribution is 9.11. The molecule has 1 amide bonds. The highest BCUT2D eigenvalue weighted by Crippen LogP contribution is 2.26. The standard InChI is InChI=1S/C13H7Br2F2NO/c14-9-5-4-7(16)6-11(9)18-13(19)8-2-1-3-10(17)12(8)15/h1-6H,(H,18,19). The van der Waals surface area contributed by atoms with Crippen molar-refractivity contribution in [2.75, 3.05) is 5.32 Å². The third-order valence-electron chi connectivity index (χ3n) is 2.37. The van der Waals surface area contributed by atoms with Crippen molar-refractivity contribution in [2.45, 2.75) is 0 Å². The van der Waals surface area contributed by atoms with E-state index in [1.807, 2.05) is 0 Å². The van der Waals surface area contributed by atoms with Crippen LogP contribution in [0.1, 0.15) is 10.4 Å². The molecule has 6 heteroatoms. The molecule has 98 valence electrons. The Morgan fingerprint density at radius 1 is 1.11 bits per heavy atom. The maximum atomic E-state index is 13.3. The van der Waals surface area contributed by atoms with Gasteiger partial charge in [0.25, 0.3) is 5.91 Å². The monoisotopic (exact) mass is 389 g/mol. The van der Waals surface area contributed by atoms with Crippen molar-refractivity contribution < 1.29 is 13.6 Å². The van der Waals surface area contributed by atoms with Crippen LogP contribution in [0.2, 0.25) is 0 Å². The minimum absolute atomic E-state index is 0.0695. The molecule has 2 aromatic rings. The molecule has 2 rings (SSSR count). The van der Waals surface area contributed by atoms with Gasteiger partial charge < -0.3 is 5.32 Å². The van der Waals surface area contributed by atoms with Gasteiger partial charge in [0.05, 0.1) is 15.7 Å². The van der Waals surface area contributed by atoms with Gasteiger partial charge in [-0.1, -0.05) is 6.07 Å². The lowest BCUT2D eigenvalue weighted by molar-refractivity contribution is 0.102. The fourth-order valence-electron chi connectivity index (χ4n) is 1.46. The fourth-order valence-corrected chi connectivity index (χ4v) is 2.25. The normalized spacial score (nSPS) is 10.3. The number of hydrogen-bond acceptors (Lipinski definition) is 1. The molecule has 2 aromatic carbocycles. The first kappa shape index (κ1) is 14.1. The van der Waals surface area contributed by atoms with Gasteiger partial charge in [-0.3, -0.25) is 4.79 Å². The van der Waals surface area contributed by atoms with E-state index >= 15 is 0 Å². The summed E-state index contributed by atoms with van der Waals surface area (Å²) < 4.78 is 27.0. The minimum Gasteiger partial charge on any atom is -0.321 e. The molecule has 0 aliphatic carbocycles. The van der Waals surface area contributed by atoms with Crippen LogP contribution in [0, 0.1) is 11.6 Å². The number of nitrogens with one attached hydrogen (secondary N) is 1. The molecule has 0 bridgehead atoms. The first-order chi connectivity index (χ1) is 8.99. The van der Waals surface area contributed by atoms with Crippen molar-refractivity contribution in [1.82, 2.24) is 0 Å². The van der Waals surface area contributed by atoms with Crippen LogP contribution in [-0.2, 0) is 0 Å². The van der Waals surface area contributed by atoms with Crippen LogP contribution in [0.25, 0.3) is 0 Å². The van der Waals surface area contributed by atoms with Gasteiger partial charge in [-0.15, -0.1) is 0 Å². The zero-order chi connectivity index (χ0) is 14.0. The number of halogens is 4. The number of amides is 1. The predicted molar refractivity (Wildman–Crippen MR) is 76.2 cm³/mol. The third-order valence-corrected chi connectivity index (χ3v) is 3.87. The van der Waals surface area contributed by atoms with Crippen molar-refractivity contribution in [3.05, 3.63) is 62.5 Å². The summed E-state index contributed by atoms with van der Waals surface area (Å²) in [6.07, 6.45) is 0. The Kier molecular flexibility index (Phi) is 4.31. The van der Waals surface area contributed by atoms with E-state index in [0.717, 1.165) is 0 Å². The van der Waals surface area contributed by atoms with Gasteiger partial charge in [0.15, 0.2) is 0 Å². The van der Waals surface area contributed by atoms with Crippen molar-refractivity contribution in [1.29, 1.82) is 0 Å². The number of hydrogen-bond donors (Lipinski definition) is 1. The van der Waals surface area contributed by atoms with E-state index in [-0.39, 0.29) is 15.7 Å². The zero-order valence-corrected chi connectivity index (χ0v) is 12.6. The molecule has 0 saturated heterocycles. The van der Waals surface area contributed by atoms with Crippen molar-refractivity contribution >= 4 is 43.5 Å². The molecule has 1 N–H and O–H groups in total. The molecule has 0 radical (unpaired) electrons. The van der Waals surface area contributed by atoms with Gasteiger partial charge >= 0.3 is 0 Å². The topological polar surface area (TPSA) is 29.1 Å². The Labute approximate surface area is 125 Å². The van der Waals surface area contributed by atoms with E-state index in [1.165, 1.54) is 36.4 Å². The highest BCUT2D eigenvalue weighted by Gasteiger charge is 2.14. The molecular formula is C13H7Br2F2NO. The average Bonchev–Trinajstić information content (AvgIpc) is 2.37. The molecule has 0 unspecified atom stereocenters. The van der Waals surface area contributed by atoms with Gasteiger partial charge in [0, 0.05) is 4.47 Å². The van der Waals surface area contributed by atoms with Crippen molar-refractivity contribution in [3.8, 4) is 0 Å². The Bertz CT molecular complexity index is 647. The van der Waals surface area contributed by atoms with Crippen molar-refractivity contribution in [3.63, 3.8) is 0 Å².